The Labute approximate surface area is 231 Å². The number of alkyl halides is 3. The Hall–Kier alpha value is -3.18. The molecule has 2 aromatic rings. The summed E-state index contributed by atoms with van der Waals surface area (Å²) in [6.07, 6.45) is 1.31. The molecule has 0 saturated carbocycles. The molecule has 2 saturated heterocycles. The summed E-state index contributed by atoms with van der Waals surface area (Å²) >= 11 is 0. The molecule has 1 N–H and O–H groups in total. The van der Waals surface area contributed by atoms with Gasteiger partial charge in [0.1, 0.15) is 17.0 Å². The normalized spacial score (nSPS) is 20.2. The Bertz CT molecular complexity index is 1250. The van der Waals surface area contributed by atoms with E-state index in [9.17, 15) is 22.8 Å². The van der Waals surface area contributed by atoms with Gasteiger partial charge in [0.25, 0.3) is 5.91 Å². The highest BCUT2D eigenvalue weighted by molar-refractivity contribution is 5.92. The summed E-state index contributed by atoms with van der Waals surface area (Å²) in [6.45, 7) is 8.26. The lowest BCUT2D eigenvalue weighted by molar-refractivity contribution is -0.207. The van der Waals surface area contributed by atoms with Gasteiger partial charge in [-0.1, -0.05) is 18.2 Å². The molecular weight excluding hydrogens is 525 g/mol. The maximum atomic E-state index is 13.1. The molecule has 1 amide bonds. The van der Waals surface area contributed by atoms with E-state index < -0.39 is 12.1 Å². The van der Waals surface area contributed by atoms with Crippen LogP contribution in [0.15, 0.2) is 36.5 Å². The SMILES string of the molecule is CC1(C)Cc2cccc(CN3CCC4(CC3)CCN(C(=O)c3cc(CNOC(=O)C(F)(F)F)ccn3)CC4)c2O1. The van der Waals surface area contributed by atoms with E-state index in [4.69, 9.17) is 4.74 Å². The highest BCUT2D eigenvalue weighted by Crippen LogP contribution is 2.43. The van der Waals surface area contributed by atoms with Crippen LogP contribution in [0.2, 0.25) is 0 Å². The van der Waals surface area contributed by atoms with Crippen LogP contribution in [-0.4, -0.2) is 64.6 Å². The van der Waals surface area contributed by atoms with Crippen LogP contribution in [-0.2, 0) is 29.1 Å². The summed E-state index contributed by atoms with van der Waals surface area (Å²) < 4.78 is 43.1. The second kappa shape index (κ2) is 11.0. The molecular formula is C29H35F3N4O4. The third kappa shape index (κ3) is 6.41. The van der Waals surface area contributed by atoms with Gasteiger partial charge < -0.3 is 14.5 Å². The number of amides is 1. The van der Waals surface area contributed by atoms with Crippen molar-refractivity contribution in [1.29, 1.82) is 0 Å². The molecule has 11 heteroatoms. The number of piperidine rings is 2. The third-order valence-corrected chi connectivity index (χ3v) is 8.31. The number of nitrogens with zero attached hydrogens (tertiary/aromatic N) is 3. The van der Waals surface area contributed by atoms with E-state index in [2.05, 4.69) is 46.8 Å². The fraction of sp³-hybridized carbons (Fsp3) is 0.552. The van der Waals surface area contributed by atoms with Crippen molar-refractivity contribution in [3.05, 3.63) is 58.9 Å². The van der Waals surface area contributed by atoms with Gasteiger partial charge in [-0.15, -0.1) is 5.48 Å². The average Bonchev–Trinajstić information content (AvgIpc) is 3.24. The molecule has 1 aromatic carbocycles. The number of para-hydroxylation sites is 1. The van der Waals surface area contributed by atoms with Crippen LogP contribution in [0.25, 0.3) is 0 Å². The number of fused-ring (bicyclic) bond motifs is 1. The molecule has 5 rings (SSSR count). The first-order valence-electron chi connectivity index (χ1n) is 13.7. The molecule has 2 fully saturated rings. The number of carbonyl (C=O) groups excluding carboxylic acids is 2. The van der Waals surface area contributed by atoms with Gasteiger partial charge in [-0.05, 0) is 81.3 Å². The Morgan fingerprint density at radius 1 is 1.07 bits per heavy atom. The van der Waals surface area contributed by atoms with E-state index in [-0.39, 0.29) is 29.2 Å². The van der Waals surface area contributed by atoms with Gasteiger partial charge in [-0.3, -0.25) is 14.7 Å². The molecule has 0 atom stereocenters. The lowest BCUT2D eigenvalue weighted by Gasteiger charge is -2.47. The highest BCUT2D eigenvalue weighted by Gasteiger charge is 2.42. The van der Waals surface area contributed by atoms with Gasteiger partial charge in [-0.25, -0.2) is 4.79 Å². The zero-order valence-electron chi connectivity index (χ0n) is 22.9. The van der Waals surface area contributed by atoms with E-state index in [1.54, 1.807) is 11.0 Å². The van der Waals surface area contributed by atoms with E-state index in [0.717, 1.165) is 57.5 Å². The predicted molar refractivity (Wildman–Crippen MR) is 140 cm³/mol. The molecule has 4 heterocycles. The molecule has 0 unspecified atom stereocenters. The first-order chi connectivity index (χ1) is 18.9. The zero-order chi connectivity index (χ0) is 28.5. The van der Waals surface area contributed by atoms with Gasteiger partial charge >= 0.3 is 12.1 Å². The lowest BCUT2D eigenvalue weighted by atomic mass is 9.71. The van der Waals surface area contributed by atoms with Crippen molar-refractivity contribution < 1.29 is 32.3 Å². The number of hydroxylamine groups is 1. The number of hydrogen-bond acceptors (Lipinski definition) is 7. The smallest absolute Gasteiger partial charge is 0.487 e. The Morgan fingerprint density at radius 2 is 1.77 bits per heavy atom. The minimum atomic E-state index is -5.08. The monoisotopic (exact) mass is 560 g/mol. The van der Waals surface area contributed by atoms with Gasteiger partial charge in [-0.2, -0.15) is 13.2 Å². The molecule has 0 aliphatic carbocycles. The average molecular weight is 561 g/mol. The molecule has 40 heavy (non-hydrogen) atoms. The largest absolute Gasteiger partial charge is 0.492 e. The third-order valence-electron chi connectivity index (χ3n) is 8.31. The molecule has 1 spiro atoms. The van der Waals surface area contributed by atoms with Crippen molar-refractivity contribution in [3.8, 4) is 5.75 Å². The van der Waals surface area contributed by atoms with Gasteiger partial charge in [0.05, 0.1) is 6.54 Å². The number of aromatic nitrogens is 1. The summed E-state index contributed by atoms with van der Waals surface area (Å²) in [7, 11) is 0. The summed E-state index contributed by atoms with van der Waals surface area (Å²) in [5.74, 6) is -1.48. The zero-order valence-corrected chi connectivity index (χ0v) is 22.9. The van der Waals surface area contributed by atoms with Crippen LogP contribution in [0, 0.1) is 5.41 Å². The first kappa shape index (κ1) is 28.4. The fourth-order valence-electron chi connectivity index (χ4n) is 6.02. The number of pyridine rings is 1. The summed E-state index contributed by atoms with van der Waals surface area (Å²) in [6, 6.07) is 9.50. The Kier molecular flexibility index (Phi) is 7.80. The van der Waals surface area contributed by atoms with Crippen LogP contribution in [0.3, 0.4) is 0 Å². The lowest BCUT2D eigenvalue weighted by Crippen LogP contribution is -2.48. The van der Waals surface area contributed by atoms with Crippen LogP contribution < -0.4 is 10.2 Å². The Morgan fingerprint density at radius 3 is 2.48 bits per heavy atom. The highest BCUT2D eigenvalue weighted by atomic mass is 19.4. The van der Waals surface area contributed by atoms with Crippen molar-refractivity contribution in [1.82, 2.24) is 20.3 Å². The number of rotatable bonds is 6. The number of likely N-dealkylation sites (tertiary alicyclic amines) is 2. The van der Waals surface area contributed by atoms with Crippen LogP contribution >= 0.6 is 0 Å². The van der Waals surface area contributed by atoms with Crippen molar-refractivity contribution in [2.45, 2.75) is 70.8 Å². The first-order valence-corrected chi connectivity index (χ1v) is 13.7. The molecule has 0 bridgehead atoms. The van der Waals surface area contributed by atoms with Crippen molar-refractivity contribution in [2.75, 3.05) is 26.2 Å². The summed E-state index contributed by atoms with van der Waals surface area (Å²) in [5.41, 5.74) is 5.30. The van der Waals surface area contributed by atoms with Crippen molar-refractivity contribution >= 4 is 11.9 Å². The predicted octanol–water partition coefficient (Wildman–Crippen LogP) is 4.42. The minimum Gasteiger partial charge on any atom is -0.487 e. The maximum Gasteiger partial charge on any atom is 0.492 e. The minimum absolute atomic E-state index is 0.158. The van der Waals surface area contributed by atoms with E-state index in [1.165, 1.54) is 23.4 Å². The van der Waals surface area contributed by atoms with Crippen LogP contribution in [0.5, 0.6) is 5.75 Å². The molecule has 8 nitrogen and oxygen atoms in total. The van der Waals surface area contributed by atoms with Gasteiger partial charge in [0.15, 0.2) is 0 Å². The van der Waals surface area contributed by atoms with Gasteiger partial charge in [0.2, 0.25) is 0 Å². The maximum absolute atomic E-state index is 13.1. The molecule has 0 radical (unpaired) electrons. The fourth-order valence-corrected chi connectivity index (χ4v) is 6.02. The topological polar surface area (TPSA) is 84.0 Å². The Balaban J connectivity index is 1.10. The summed E-state index contributed by atoms with van der Waals surface area (Å²) in [5, 5.41) is 0. The standard InChI is InChI=1S/C29H35F3N4O4/c1-27(2)17-21-4-3-5-22(24(21)39-27)19-35-12-7-28(8-13-35)9-14-36(15-10-28)25(37)23-16-20(6-11-33-23)18-34-40-26(38)29(30,31)32/h3-6,11,16,34H,7-10,12-15,17-19H2,1-2H3. The van der Waals surface area contributed by atoms with E-state index in [0.29, 0.717) is 18.7 Å². The van der Waals surface area contributed by atoms with E-state index in [1.807, 2.05) is 5.48 Å². The number of halogens is 3. The van der Waals surface area contributed by atoms with Crippen LogP contribution in [0.4, 0.5) is 13.2 Å². The summed E-state index contributed by atoms with van der Waals surface area (Å²) in [4.78, 5) is 36.4. The van der Waals surface area contributed by atoms with Crippen molar-refractivity contribution in [3.63, 3.8) is 0 Å². The quantitative estimate of drug-likeness (QED) is 0.524. The molecule has 3 aliphatic rings. The number of hydrogen-bond donors (Lipinski definition) is 1. The van der Waals surface area contributed by atoms with Gasteiger partial charge in [0, 0.05) is 37.8 Å². The molecule has 1 aromatic heterocycles. The number of carbonyl (C=O) groups is 2. The van der Waals surface area contributed by atoms with Crippen molar-refractivity contribution in [2.24, 2.45) is 5.41 Å². The molecule has 216 valence electrons. The second-order valence-electron chi connectivity index (χ2n) is 11.8. The van der Waals surface area contributed by atoms with E-state index >= 15 is 0 Å². The number of nitrogens with one attached hydrogen (secondary N) is 1. The molecule has 3 aliphatic heterocycles. The second-order valence-corrected chi connectivity index (χ2v) is 11.8. The number of ether oxygens (including phenoxy) is 1. The van der Waals surface area contributed by atoms with Crippen LogP contribution in [0.1, 0.15) is 66.7 Å². The number of benzene rings is 1.